The maximum atomic E-state index is 11.4. The third-order valence-electron chi connectivity index (χ3n) is 2.87. The molecule has 19 heavy (non-hydrogen) atoms. The molecule has 4 N–H and O–H groups in total. The fourth-order valence-electron chi connectivity index (χ4n) is 1.84. The zero-order chi connectivity index (χ0) is 14.3. The number of amides is 1. The molecular weight excluding hydrogens is 244 g/mol. The Kier molecular flexibility index (Phi) is 6.15. The van der Waals surface area contributed by atoms with Crippen LogP contribution in [0.3, 0.4) is 0 Å². The molecule has 0 spiro atoms. The smallest absolute Gasteiger partial charge is 0.221 e. The maximum Gasteiger partial charge on any atom is 0.221 e. The predicted octanol–water partition coefficient (Wildman–Crippen LogP) is 1.66. The van der Waals surface area contributed by atoms with Gasteiger partial charge in [0.2, 0.25) is 5.91 Å². The number of benzene rings is 1. The Balaban J connectivity index is 2.43. The third-order valence-corrected chi connectivity index (χ3v) is 2.87. The summed E-state index contributed by atoms with van der Waals surface area (Å²) >= 11 is 0. The first-order valence-electron chi connectivity index (χ1n) is 6.57. The first-order chi connectivity index (χ1) is 9.06. The van der Waals surface area contributed by atoms with Gasteiger partial charge in [0, 0.05) is 25.6 Å². The fraction of sp³-hybridized carbons (Fsp3) is 0.500. The maximum absolute atomic E-state index is 11.4. The van der Waals surface area contributed by atoms with E-state index < -0.39 is 0 Å². The van der Waals surface area contributed by atoms with E-state index in [1.165, 1.54) is 12.1 Å². The van der Waals surface area contributed by atoms with Gasteiger partial charge in [-0.3, -0.25) is 4.79 Å². The second-order valence-electron chi connectivity index (χ2n) is 4.49. The number of rotatable bonds is 7. The number of hydrogen-bond donors (Lipinski definition) is 4. The van der Waals surface area contributed by atoms with Crippen molar-refractivity contribution in [1.29, 1.82) is 0 Å². The van der Waals surface area contributed by atoms with E-state index in [0.717, 1.165) is 6.42 Å². The van der Waals surface area contributed by atoms with E-state index in [4.69, 9.17) is 0 Å². The van der Waals surface area contributed by atoms with Gasteiger partial charge in [0.15, 0.2) is 0 Å². The highest BCUT2D eigenvalue weighted by atomic mass is 16.3. The number of nitrogens with one attached hydrogen (secondary N) is 2. The average molecular weight is 266 g/mol. The number of aromatic hydroxyl groups is 2. The molecule has 106 valence electrons. The van der Waals surface area contributed by atoms with E-state index in [-0.39, 0.29) is 23.4 Å². The van der Waals surface area contributed by atoms with Crippen LogP contribution < -0.4 is 10.6 Å². The topological polar surface area (TPSA) is 81.6 Å². The van der Waals surface area contributed by atoms with Gasteiger partial charge in [0.1, 0.15) is 11.5 Å². The second kappa shape index (κ2) is 7.63. The summed E-state index contributed by atoms with van der Waals surface area (Å²) in [6.45, 7) is 5.01. The molecular formula is C14H22N2O3. The van der Waals surface area contributed by atoms with Gasteiger partial charge in [-0.05, 0) is 25.5 Å². The van der Waals surface area contributed by atoms with E-state index in [1.807, 2.05) is 13.8 Å². The molecule has 1 unspecified atom stereocenters. The molecule has 1 aromatic carbocycles. The molecule has 0 bridgehead atoms. The highest BCUT2D eigenvalue weighted by Gasteiger charge is 2.14. The lowest BCUT2D eigenvalue weighted by molar-refractivity contribution is -0.121. The highest BCUT2D eigenvalue weighted by Crippen LogP contribution is 2.31. The third kappa shape index (κ3) is 4.79. The summed E-state index contributed by atoms with van der Waals surface area (Å²) in [6, 6.07) is 4.42. The first-order valence-corrected chi connectivity index (χ1v) is 6.57. The number of phenols is 2. The second-order valence-corrected chi connectivity index (χ2v) is 4.49. The Morgan fingerprint density at radius 2 is 1.89 bits per heavy atom. The normalized spacial score (nSPS) is 12.1. The lowest BCUT2D eigenvalue weighted by Gasteiger charge is -2.16. The van der Waals surface area contributed by atoms with Crippen molar-refractivity contribution in [2.75, 3.05) is 13.1 Å². The van der Waals surface area contributed by atoms with E-state index in [1.54, 1.807) is 6.07 Å². The van der Waals surface area contributed by atoms with Gasteiger partial charge < -0.3 is 20.8 Å². The molecule has 0 saturated heterocycles. The van der Waals surface area contributed by atoms with Gasteiger partial charge in [-0.15, -0.1) is 0 Å². The summed E-state index contributed by atoms with van der Waals surface area (Å²) < 4.78 is 0. The molecule has 1 atom stereocenters. The number of phenolic OH excluding ortho intramolecular Hbond substituents is 2. The van der Waals surface area contributed by atoms with Crippen LogP contribution in [0.4, 0.5) is 0 Å². The van der Waals surface area contributed by atoms with Gasteiger partial charge in [-0.1, -0.05) is 13.0 Å². The first kappa shape index (κ1) is 15.3. The van der Waals surface area contributed by atoms with Crippen LogP contribution in [-0.2, 0) is 4.79 Å². The predicted molar refractivity (Wildman–Crippen MR) is 74.1 cm³/mol. The van der Waals surface area contributed by atoms with Crippen molar-refractivity contribution in [2.24, 2.45) is 0 Å². The van der Waals surface area contributed by atoms with Crippen molar-refractivity contribution in [1.82, 2.24) is 10.6 Å². The zero-order valence-corrected chi connectivity index (χ0v) is 11.4. The van der Waals surface area contributed by atoms with Crippen LogP contribution in [0.2, 0.25) is 0 Å². The van der Waals surface area contributed by atoms with Crippen LogP contribution in [0, 0.1) is 0 Å². The Morgan fingerprint density at radius 1 is 1.26 bits per heavy atom. The molecule has 5 heteroatoms. The van der Waals surface area contributed by atoms with Crippen LogP contribution in [0.25, 0.3) is 0 Å². The average Bonchev–Trinajstić information content (AvgIpc) is 2.36. The molecule has 0 heterocycles. The van der Waals surface area contributed by atoms with Crippen molar-refractivity contribution in [3.05, 3.63) is 23.8 Å². The number of carbonyl (C=O) groups is 1. The van der Waals surface area contributed by atoms with Gasteiger partial charge in [0.25, 0.3) is 0 Å². The lowest BCUT2D eigenvalue weighted by Crippen LogP contribution is -2.29. The summed E-state index contributed by atoms with van der Waals surface area (Å²) in [7, 11) is 0. The Labute approximate surface area is 113 Å². The Morgan fingerprint density at radius 3 is 2.47 bits per heavy atom. The van der Waals surface area contributed by atoms with Gasteiger partial charge >= 0.3 is 0 Å². The van der Waals surface area contributed by atoms with Gasteiger partial charge in [-0.25, -0.2) is 0 Å². The minimum absolute atomic E-state index is 0.00283. The van der Waals surface area contributed by atoms with E-state index in [2.05, 4.69) is 10.6 Å². The van der Waals surface area contributed by atoms with E-state index >= 15 is 0 Å². The van der Waals surface area contributed by atoms with Crippen LogP contribution >= 0.6 is 0 Å². The van der Waals surface area contributed by atoms with Gasteiger partial charge in [0.05, 0.1) is 5.56 Å². The lowest BCUT2D eigenvalue weighted by atomic mass is 10.1. The molecule has 0 fully saturated rings. The van der Waals surface area contributed by atoms with E-state index in [0.29, 0.717) is 25.1 Å². The summed E-state index contributed by atoms with van der Waals surface area (Å²) in [5.41, 5.74) is 0.455. The molecule has 0 aliphatic carbocycles. The quantitative estimate of drug-likeness (QED) is 0.605. The summed E-state index contributed by atoms with van der Waals surface area (Å²) in [5, 5.41) is 25.3. The van der Waals surface area contributed by atoms with Crippen molar-refractivity contribution in [3.63, 3.8) is 0 Å². The standard InChI is InChI=1S/C14H22N2O3/c1-3-8-16-13(19)7-9-15-10(2)14-11(17)5-4-6-12(14)18/h4-6,10,15,17-18H,3,7-9H2,1-2H3,(H,16,19). The van der Waals surface area contributed by atoms with E-state index in [9.17, 15) is 15.0 Å². The molecule has 0 aliphatic heterocycles. The molecule has 0 saturated carbocycles. The number of carbonyl (C=O) groups excluding carboxylic acids is 1. The van der Waals surface area contributed by atoms with Crippen LogP contribution in [-0.4, -0.2) is 29.2 Å². The SMILES string of the molecule is CCCNC(=O)CCNC(C)c1c(O)cccc1O. The molecule has 0 radical (unpaired) electrons. The van der Waals surface area contributed by atoms with Crippen molar-refractivity contribution in [3.8, 4) is 11.5 Å². The van der Waals surface area contributed by atoms with Crippen LogP contribution in [0.5, 0.6) is 11.5 Å². The molecule has 1 rings (SSSR count). The molecule has 5 nitrogen and oxygen atoms in total. The fourth-order valence-corrected chi connectivity index (χ4v) is 1.84. The minimum atomic E-state index is -0.222. The summed E-state index contributed by atoms with van der Waals surface area (Å²) in [4.78, 5) is 11.4. The van der Waals surface area contributed by atoms with Crippen molar-refractivity contribution >= 4 is 5.91 Å². The summed E-state index contributed by atoms with van der Waals surface area (Å²) in [6.07, 6.45) is 1.29. The minimum Gasteiger partial charge on any atom is -0.507 e. The Bertz CT molecular complexity index is 401. The van der Waals surface area contributed by atoms with Crippen molar-refractivity contribution in [2.45, 2.75) is 32.7 Å². The molecule has 0 aliphatic rings. The monoisotopic (exact) mass is 266 g/mol. The highest BCUT2D eigenvalue weighted by molar-refractivity contribution is 5.76. The van der Waals surface area contributed by atoms with Crippen LogP contribution in [0.1, 0.15) is 38.3 Å². The summed E-state index contributed by atoms with van der Waals surface area (Å²) in [5.74, 6) is 0.105. The van der Waals surface area contributed by atoms with Crippen molar-refractivity contribution < 1.29 is 15.0 Å². The molecule has 1 amide bonds. The zero-order valence-electron chi connectivity index (χ0n) is 11.4. The van der Waals surface area contributed by atoms with Crippen LogP contribution in [0.15, 0.2) is 18.2 Å². The Hall–Kier alpha value is -1.75. The number of hydrogen-bond acceptors (Lipinski definition) is 4. The largest absolute Gasteiger partial charge is 0.507 e. The van der Waals surface area contributed by atoms with Gasteiger partial charge in [-0.2, -0.15) is 0 Å². The molecule has 0 aromatic heterocycles. The molecule has 1 aromatic rings.